The van der Waals surface area contributed by atoms with E-state index in [2.05, 4.69) is 30.5 Å². The van der Waals surface area contributed by atoms with Gasteiger partial charge in [0.25, 0.3) is 0 Å². The summed E-state index contributed by atoms with van der Waals surface area (Å²) in [6, 6.07) is 7.46. The summed E-state index contributed by atoms with van der Waals surface area (Å²) in [6.45, 7) is 4.00. The maximum Gasteiger partial charge on any atom is 0.408 e. The third-order valence-electron chi connectivity index (χ3n) is 6.39. The number of anilines is 2. The van der Waals surface area contributed by atoms with Crippen molar-refractivity contribution >= 4 is 22.5 Å². The molecule has 2 fully saturated rings. The van der Waals surface area contributed by atoms with Crippen LogP contribution >= 0.6 is 0 Å². The van der Waals surface area contributed by atoms with Crippen LogP contribution in [0.5, 0.6) is 0 Å². The number of piperidine rings is 1. The molecular formula is C23H27F3N6O. The smallest absolute Gasteiger partial charge is 0.378 e. The summed E-state index contributed by atoms with van der Waals surface area (Å²) >= 11 is 0. The summed E-state index contributed by atoms with van der Waals surface area (Å²) in [5.41, 5.74) is 2.90. The van der Waals surface area contributed by atoms with Crippen molar-refractivity contribution in [3.8, 4) is 11.3 Å². The number of benzene rings is 1. The normalized spacial score (nSPS) is 20.7. The Labute approximate surface area is 189 Å². The third-order valence-corrected chi connectivity index (χ3v) is 6.39. The minimum absolute atomic E-state index is 0.372. The molecule has 176 valence electrons. The van der Waals surface area contributed by atoms with Crippen LogP contribution in [-0.4, -0.2) is 66.6 Å². The number of morpholine rings is 1. The second-order valence-corrected chi connectivity index (χ2v) is 8.59. The van der Waals surface area contributed by atoms with Gasteiger partial charge in [-0.15, -0.1) is 0 Å². The number of fused-ring (bicyclic) bond motifs is 1. The average Bonchev–Trinajstić information content (AvgIpc) is 3.28. The molecule has 0 spiro atoms. The molecule has 0 aliphatic carbocycles. The fourth-order valence-corrected chi connectivity index (χ4v) is 4.67. The van der Waals surface area contributed by atoms with E-state index < -0.39 is 18.1 Å². The zero-order valence-electron chi connectivity index (χ0n) is 18.2. The molecular weight excluding hydrogens is 433 g/mol. The van der Waals surface area contributed by atoms with Crippen LogP contribution in [-0.2, 0) is 4.74 Å². The fraction of sp³-hybridized carbons (Fsp3) is 0.478. The topological polar surface area (TPSA) is 78.1 Å². The summed E-state index contributed by atoms with van der Waals surface area (Å²) in [5.74, 6) is 0.377. The van der Waals surface area contributed by atoms with Gasteiger partial charge in [-0.25, -0.2) is 9.97 Å². The lowest BCUT2D eigenvalue weighted by Crippen LogP contribution is -2.48. The quantitative estimate of drug-likeness (QED) is 0.538. The first-order chi connectivity index (χ1) is 16.0. The molecule has 2 saturated heterocycles. The molecule has 1 aromatic carbocycles. The molecule has 2 atom stereocenters. The van der Waals surface area contributed by atoms with Crippen LogP contribution in [0.2, 0.25) is 0 Å². The molecule has 5 rings (SSSR count). The summed E-state index contributed by atoms with van der Waals surface area (Å²) < 4.78 is 46.6. The maximum atomic E-state index is 13.7. The molecule has 7 nitrogen and oxygen atoms in total. The van der Waals surface area contributed by atoms with Crippen molar-refractivity contribution in [3.05, 3.63) is 36.7 Å². The van der Waals surface area contributed by atoms with Crippen LogP contribution in [0.4, 0.5) is 24.7 Å². The molecule has 0 amide bonds. The van der Waals surface area contributed by atoms with Crippen molar-refractivity contribution in [2.24, 2.45) is 5.92 Å². The van der Waals surface area contributed by atoms with Crippen LogP contribution in [0.3, 0.4) is 0 Å². The van der Waals surface area contributed by atoms with E-state index in [1.807, 2.05) is 18.2 Å². The van der Waals surface area contributed by atoms with Crippen molar-refractivity contribution in [2.45, 2.75) is 25.1 Å². The highest BCUT2D eigenvalue weighted by molar-refractivity contribution is 5.92. The zero-order chi connectivity index (χ0) is 22.8. The minimum atomic E-state index is -4.31. The molecule has 33 heavy (non-hydrogen) atoms. The van der Waals surface area contributed by atoms with E-state index in [0.717, 1.165) is 54.2 Å². The molecule has 0 saturated carbocycles. The van der Waals surface area contributed by atoms with Gasteiger partial charge in [0.2, 0.25) is 0 Å². The Morgan fingerprint density at radius 3 is 2.61 bits per heavy atom. The predicted molar refractivity (Wildman–Crippen MR) is 121 cm³/mol. The third kappa shape index (κ3) is 4.77. The van der Waals surface area contributed by atoms with Gasteiger partial charge in [0.1, 0.15) is 23.8 Å². The van der Waals surface area contributed by atoms with Crippen LogP contribution in [0.15, 0.2) is 36.7 Å². The van der Waals surface area contributed by atoms with Crippen LogP contribution < -0.4 is 15.5 Å². The lowest BCUT2D eigenvalue weighted by atomic mass is 9.91. The molecule has 3 N–H and O–H groups in total. The average molecular weight is 461 g/mol. The summed E-state index contributed by atoms with van der Waals surface area (Å²) in [5, 5.41) is 6.72. The number of halogens is 3. The molecule has 2 aliphatic heterocycles. The number of nitrogens with zero attached hydrogens (tertiary/aromatic N) is 3. The molecule has 10 heteroatoms. The zero-order valence-corrected chi connectivity index (χ0v) is 18.2. The number of H-pyrrole nitrogens is 1. The van der Waals surface area contributed by atoms with Crippen LogP contribution in [0.25, 0.3) is 22.3 Å². The van der Waals surface area contributed by atoms with Gasteiger partial charge in [-0.1, -0.05) is 12.1 Å². The molecule has 0 radical (unpaired) electrons. The van der Waals surface area contributed by atoms with E-state index >= 15 is 0 Å². The van der Waals surface area contributed by atoms with Gasteiger partial charge in [0.15, 0.2) is 0 Å². The first kappa shape index (κ1) is 22.0. The van der Waals surface area contributed by atoms with Crippen molar-refractivity contribution in [1.82, 2.24) is 20.3 Å². The van der Waals surface area contributed by atoms with Crippen molar-refractivity contribution in [3.63, 3.8) is 0 Å². The van der Waals surface area contributed by atoms with Crippen LogP contribution in [0, 0.1) is 5.92 Å². The predicted octanol–water partition coefficient (Wildman–Crippen LogP) is 3.80. The number of aromatic nitrogens is 3. The molecule has 1 unspecified atom stereocenters. The Hall–Kier alpha value is -2.85. The number of nitrogens with one attached hydrogen (secondary N) is 3. The van der Waals surface area contributed by atoms with Gasteiger partial charge in [0, 0.05) is 36.9 Å². The van der Waals surface area contributed by atoms with E-state index in [0.29, 0.717) is 31.9 Å². The van der Waals surface area contributed by atoms with Gasteiger partial charge in [-0.3, -0.25) is 0 Å². The van der Waals surface area contributed by atoms with Crippen LogP contribution in [0.1, 0.15) is 12.8 Å². The van der Waals surface area contributed by atoms with Gasteiger partial charge >= 0.3 is 6.18 Å². The number of hydrogen-bond acceptors (Lipinski definition) is 6. The maximum absolute atomic E-state index is 13.7. The summed E-state index contributed by atoms with van der Waals surface area (Å²) in [6.07, 6.45) is -1.46. The van der Waals surface area contributed by atoms with E-state index in [9.17, 15) is 13.2 Å². The van der Waals surface area contributed by atoms with Gasteiger partial charge in [-0.2, -0.15) is 13.2 Å². The van der Waals surface area contributed by atoms with Crippen molar-refractivity contribution < 1.29 is 17.9 Å². The standard InChI is InChI=1S/C23H27F3N6O/c24-23(25,26)20(16-2-1-7-27-13-16)30-17-5-3-15(4-6-17)19-12-18-21(31-19)28-14-29-22(18)32-8-10-33-11-9-32/h3-6,12,14,16,20,27,30H,1-2,7-11,13H2,(H,28,29,31)/t16?,20-/m0/s1. The Morgan fingerprint density at radius 2 is 1.91 bits per heavy atom. The first-order valence-corrected chi connectivity index (χ1v) is 11.3. The second-order valence-electron chi connectivity index (χ2n) is 8.59. The Kier molecular flexibility index (Phi) is 6.11. The van der Waals surface area contributed by atoms with E-state index in [-0.39, 0.29) is 0 Å². The molecule has 3 aromatic rings. The SMILES string of the molecule is FC(F)(F)[C@@H](Nc1ccc(-c2cc3c(N4CCOCC4)ncnc3[nH]2)cc1)C1CCCNC1. The Bertz CT molecular complexity index is 1070. The number of ether oxygens (including phenoxy) is 1. The molecule has 2 aliphatic rings. The molecule has 2 aromatic heterocycles. The Balaban J connectivity index is 1.36. The first-order valence-electron chi connectivity index (χ1n) is 11.3. The van der Waals surface area contributed by atoms with E-state index in [1.54, 1.807) is 12.1 Å². The number of aromatic amines is 1. The summed E-state index contributed by atoms with van der Waals surface area (Å²) in [7, 11) is 0. The van der Waals surface area contributed by atoms with Gasteiger partial charge in [0.05, 0.1) is 18.6 Å². The number of alkyl halides is 3. The highest BCUT2D eigenvalue weighted by atomic mass is 19.4. The number of hydrogen-bond donors (Lipinski definition) is 3. The lowest BCUT2D eigenvalue weighted by molar-refractivity contribution is -0.154. The Morgan fingerprint density at radius 1 is 1.12 bits per heavy atom. The van der Waals surface area contributed by atoms with E-state index in [1.165, 1.54) is 6.33 Å². The minimum Gasteiger partial charge on any atom is -0.378 e. The largest absolute Gasteiger partial charge is 0.408 e. The molecule has 4 heterocycles. The van der Waals surface area contributed by atoms with Crippen molar-refractivity contribution in [2.75, 3.05) is 49.6 Å². The summed E-state index contributed by atoms with van der Waals surface area (Å²) in [4.78, 5) is 14.3. The number of rotatable bonds is 5. The van der Waals surface area contributed by atoms with Gasteiger partial charge < -0.3 is 25.3 Å². The lowest BCUT2D eigenvalue weighted by Gasteiger charge is -2.33. The van der Waals surface area contributed by atoms with E-state index in [4.69, 9.17) is 4.74 Å². The fourth-order valence-electron chi connectivity index (χ4n) is 4.67. The molecule has 0 bridgehead atoms. The highest BCUT2D eigenvalue weighted by Gasteiger charge is 2.44. The highest BCUT2D eigenvalue weighted by Crippen LogP contribution is 2.33. The van der Waals surface area contributed by atoms with Gasteiger partial charge in [-0.05, 0) is 43.1 Å². The monoisotopic (exact) mass is 460 g/mol. The second kappa shape index (κ2) is 9.18. The van der Waals surface area contributed by atoms with Crippen molar-refractivity contribution in [1.29, 1.82) is 0 Å².